The van der Waals surface area contributed by atoms with Crippen molar-refractivity contribution in [2.24, 2.45) is 5.92 Å². The molecule has 0 aliphatic carbocycles. The summed E-state index contributed by atoms with van der Waals surface area (Å²) in [4.78, 5) is 14.2. The van der Waals surface area contributed by atoms with E-state index >= 15 is 0 Å². The van der Waals surface area contributed by atoms with Gasteiger partial charge in [0.2, 0.25) is 5.91 Å². The number of rotatable bonds is 4. The van der Waals surface area contributed by atoms with E-state index in [1.54, 1.807) is 0 Å². The van der Waals surface area contributed by atoms with Crippen molar-refractivity contribution >= 4 is 5.91 Å². The van der Waals surface area contributed by atoms with E-state index in [1.807, 2.05) is 30.9 Å². The number of allylic oxidation sites excluding steroid dienone is 1. The second-order valence-corrected chi connectivity index (χ2v) is 4.85. The van der Waals surface area contributed by atoms with E-state index in [0.29, 0.717) is 12.6 Å². The summed E-state index contributed by atoms with van der Waals surface area (Å²) in [6.07, 6.45) is 5.64. The molecule has 0 bridgehead atoms. The normalized spacial score (nSPS) is 20.7. The summed E-state index contributed by atoms with van der Waals surface area (Å²) in [7, 11) is 0. The molecule has 0 spiro atoms. The number of hydrogen-bond donors (Lipinski definition) is 0. The smallest absolute Gasteiger partial charge is 0.225 e. The first-order valence-electron chi connectivity index (χ1n) is 6.32. The van der Waals surface area contributed by atoms with Gasteiger partial charge in [-0.25, -0.2) is 0 Å². The van der Waals surface area contributed by atoms with Crippen LogP contribution in [0.1, 0.15) is 33.6 Å². The first kappa shape index (κ1) is 13.8. The average molecular weight is 233 g/mol. The molecule has 0 saturated carbocycles. The number of nitrogens with zero attached hydrogens (tertiary/aromatic N) is 1. The zero-order valence-corrected chi connectivity index (χ0v) is 11.2. The molecule has 1 aliphatic rings. The van der Waals surface area contributed by atoms with Crippen molar-refractivity contribution in [1.29, 1.82) is 0 Å². The molecule has 0 saturated heterocycles. The van der Waals surface area contributed by atoms with E-state index in [0.717, 1.165) is 18.4 Å². The lowest BCUT2D eigenvalue weighted by molar-refractivity contribution is -0.136. The molecular weight excluding hydrogens is 210 g/mol. The predicted octanol–water partition coefficient (Wildman–Crippen LogP) is 3.32. The summed E-state index contributed by atoms with van der Waals surface area (Å²) in [6.45, 7) is 14.4. The predicted molar refractivity (Wildman–Crippen MR) is 72.7 cm³/mol. The van der Waals surface area contributed by atoms with Gasteiger partial charge in [0.1, 0.15) is 0 Å². The molecule has 1 aliphatic heterocycles. The molecule has 1 amide bonds. The lowest BCUT2D eigenvalue weighted by Gasteiger charge is -2.37. The molecule has 17 heavy (non-hydrogen) atoms. The van der Waals surface area contributed by atoms with E-state index < -0.39 is 0 Å². The summed E-state index contributed by atoms with van der Waals surface area (Å²) in [5.74, 6) is 0.291. The number of carbonyl (C=O) groups is 1. The van der Waals surface area contributed by atoms with Crippen LogP contribution in [0, 0.1) is 5.92 Å². The van der Waals surface area contributed by atoms with Crippen LogP contribution in [0.2, 0.25) is 0 Å². The monoisotopic (exact) mass is 233 g/mol. The molecule has 0 aromatic heterocycles. The Labute approximate surface area is 105 Å². The maximum atomic E-state index is 12.2. The van der Waals surface area contributed by atoms with Gasteiger partial charge in [-0.1, -0.05) is 46.1 Å². The maximum Gasteiger partial charge on any atom is 0.225 e. The third kappa shape index (κ3) is 2.87. The molecule has 0 N–H and O–H groups in total. The van der Waals surface area contributed by atoms with E-state index in [2.05, 4.69) is 20.1 Å². The minimum Gasteiger partial charge on any atom is -0.335 e. The largest absolute Gasteiger partial charge is 0.335 e. The highest BCUT2D eigenvalue weighted by Crippen LogP contribution is 2.27. The van der Waals surface area contributed by atoms with Crippen molar-refractivity contribution in [1.82, 2.24) is 4.90 Å². The van der Waals surface area contributed by atoms with Crippen molar-refractivity contribution in [3.8, 4) is 0 Å². The summed E-state index contributed by atoms with van der Waals surface area (Å²) in [5.41, 5.74) is 2.37. The number of amides is 1. The van der Waals surface area contributed by atoms with Gasteiger partial charge in [-0.3, -0.25) is 4.79 Å². The van der Waals surface area contributed by atoms with Crippen molar-refractivity contribution < 1.29 is 4.79 Å². The minimum atomic E-state index is 0.0559. The summed E-state index contributed by atoms with van der Waals surface area (Å²) >= 11 is 0. The van der Waals surface area contributed by atoms with E-state index in [9.17, 15) is 4.79 Å². The zero-order chi connectivity index (χ0) is 13.0. The van der Waals surface area contributed by atoms with Gasteiger partial charge in [-0.05, 0) is 24.0 Å². The van der Waals surface area contributed by atoms with E-state index in [4.69, 9.17) is 0 Å². The highest BCUT2D eigenvalue weighted by molar-refractivity contribution is 5.79. The Hall–Kier alpha value is -1.31. The molecule has 0 aromatic rings. The van der Waals surface area contributed by atoms with Gasteiger partial charge in [0.05, 0.1) is 0 Å². The fourth-order valence-electron chi connectivity index (χ4n) is 2.27. The number of carbonyl (C=O) groups excluding carboxylic acids is 1. The third-order valence-corrected chi connectivity index (χ3v) is 3.39. The van der Waals surface area contributed by atoms with Crippen LogP contribution < -0.4 is 0 Å². The second kappa shape index (κ2) is 5.85. The topological polar surface area (TPSA) is 20.3 Å². The molecule has 0 aromatic carbocycles. The molecule has 1 atom stereocenters. The zero-order valence-electron chi connectivity index (χ0n) is 11.2. The molecular formula is C15H23NO. The van der Waals surface area contributed by atoms with Crippen molar-refractivity contribution in [3.63, 3.8) is 0 Å². The Bertz CT molecular complexity index is 352. The highest BCUT2D eigenvalue weighted by Gasteiger charge is 2.29. The van der Waals surface area contributed by atoms with Crippen molar-refractivity contribution in [3.05, 3.63) is 36.5 Å². The molecule has 1 rings (SSSR count). The minimum absolute atomic E-state index is 0.0559. The van der Waals surface area contributed by atoms with Gasteiger partial charge < -0.3 is 4.90 Å². The van der Waals surface area contributed by atoms with Crippen LogP contribution in [0.3, 0.4) is 0 Å². The SMILES string of the molecule is C=CC1=C(C=C)CN(C(=O)C(C)C)C(CC)C1. The van der Waals surface area contributed by atoms with Crippen molar-refractivity contribution in [2.45, 2.75) is 39.7 Å². The molecule has 1 unspecified atom stereocenters. The van der Waals surface area contributed by atoms with E-state index in [-0.39, 0.29) is 11.8 Å². The molecule has 94 valence electrons. The standard InChI is InChI=1S/C15H23NO/c1-6-12-9-14(8-3)16(10-13(12)7-2)15(17)11(4)5/h6-7,11,14H,1-2,8-10H2,3-5H3. The summed E-state index contributed by atoms with van der Waals surface area (Å²) in [6, 6.07) is 0.307. The fourth-order valence-corrected chi connectivity index (χ4v) is 2.27. The van der Waals surface area contributed by atoms with Gasteiger partial charge in [0, 0.05) is 18.5 Å². The highest BCUT2D eigenvalue weighted by atomic mass is 16.2. The molecule has 0 fully saturated rings. The van der Waals surface area contributed by atoms with Crippen LogP contribution >= 0.6 is 0 Å². The molecule has 2 nitrogen and oxygen atoms in total. The summed E-state index contributed by atoms with van der Waals surface area (Å²) < 4.78 is 0. The number of hydrogen-bond acceptors (Lipinski definition) is 1. The van der Waals surface area contributed by atoms with Crippen LogP contribution in [0.5, 0.6) is 0 Å². The van der Waals surface area contributed by atoms with Crippen LogP contribution in [0.15, 0.2) is 36.5 Å². The average Bonchev–Trinajstić information content (AvgIpc) is 2.35. The van der Waals surface area contributed by atoms with Crippen molar-refractivity contribution in [2.75, 3.05) is 6.54 Å². The fraction of sp³-hybridized carbons (Fsp3) is 0.533. The Kier molecular flexibility index (Phi) is 4.73. The van der Waals surface area contributed by atoms with Crippen LogP contribution in [0.4, 0.5) is 0 Å². The molecule has 1 heterocycles. The van der Waals surface area contributed by atoms with Gasteiger partial charge >= 0.3 is 0 Å². The Morgan fingerprint density at radius 1 is 1.41 bits per heavy atom. The lowest BCUT2D eigenvalue weighted by atomic mass is 9.91. The van der Waals surface area contributed by atoms with Gasteiger partial charge in [-0.15, -0.1) is 0 Å². The van der Waals surface area contributed by atoms with E-state index in [1.165, 1.54) is 5.57 Å². The quantitative estimate of drug-likeness (QED) is 0.729. The van der Waals surface area contributed by atoms with Crippen LogP contribution in [-0.4, -0.2) is 23.4 Å². The summed E-state index contributed by atoms with van der Waals surface area (Å²) in [5, 5.41) is 0. The Morgan fingerprint density at radius 2 is 2.00 bits per heavy atom. The third-order valence-electron chi connectivity index (χ3n) is 3.39. The molecule has 2 heteroatoms. The van der Waals surface area contributed by atoms with Gasteiger partial charge in [0.25, 0.3) is 0 Å². The maximum absolute atomic E-state index is 12.2. The first-order chi connectivity index (χ1) is 8.04. The second-order valence-electron chi connectivity index (χ2n) is 4.85. The van der Waals surface area contributed by atoms with Gasteiger partial charge in [-0.2, -0.15) is 0 Å². The van der Waals surface area contributed by atoms with Crippen LogP contribution in [0.25, 0.3) is 0 Å². The Morgan fingerprint density at radius 3 is 2.41 bits per heavy atom. The van der Waals surface area contributed by atoms with Crippen LogP contribution in [-0.2, 0) is 4.79 Å². The first-order valence-corrected chi connectivity index (χ1v) is 6.32. The molecule has 0 radical (unpaired) electrons. The lowest BCUT2D eigenvalue weighted by Crippen LogP contribution is -2.45. The van der Waals surface area contributed by atoms with Gasteiger partial charge in [0.15, 0.2) is 0 Å². The Balaban J connectivity index is 3.01.